The predicted octanol–water partition coefficient (Wildman–Crippen LogP) is 3.18. The molecule has 2 saturated heterocycles. The molecule has 0 aliphatic carbocycles. The molecule has 0 bridgehead atoms. The van der Waals surface area contributed by atoms with Crippen molar-refractivity contribution in [2.24, 2.45) is 5.92 Å². The van der Waals surface area contributed by atoms with Gasteiger partial charge in [-0.05, 0) is 48.2 Å². The van der Waals surface area contributed by atoms with Crippen molar-refractivity contribution in [1.29, 1.82) is 0 Å². The van der Waals surface area contributed by atoms with Crippen LogP contribution in [0.2, 0.25) is 0 Å². The number of pyridine rings is 1. The van der Waals surface area contributed by atoms with Crippen LogP contribution in [0.4, 0.5) is 0 Å². The summed E-state index contributed by atoms with van der Waals surface area (Å²) in [6.07, 6.45) is 3.28. The smallest absolute Gasteiger partial charge is 0.295 e. The van der Waals surface area contributed by atoms with E-state index in [1.165, 1.54) is 0 Å². The van der Waals surface area contributed by atoms with Gasteiger partial charge in [-0.3, -0.25) is 19.5 Å². The fourth-order valence-electron chi connectivity index (χ4n) is 4.44. The van der Waals surface area contributed by atoms with E-state index >= 15 is 0 Å². The van der Waals surface area contributed by atoms with Crippen molar-refractivity contribution >= 4 is 17.4 Å². The number of morpholine rings is 1. The first-order chi connectivity index (χ1) is 16.9. The summed E-state index contributed by atoms with van der Waals surface area (Å²) >= 11 is 0. The lowest BCUT2D eigenvalue weighted by atomic mass is 9.95. The quantitative estimate of drug-likeness (QED) is 0.353. The van der Waals surface area contributed by atoms with Crippen molar-refractivity contribution in [3.63, 3.8) is 0 Å². The van der Waals surface area contributed by atoms with Gasteiger partial charge in [-0.25, -0.2) is 0 Å². The Morgan fingerprint density at radius 2 is 1.97 bits per heavy atom. The largest absolute Gasteiger partial charge is 0.507 e. The number of ketones is 1. The molecule has 1 N–H and O–H groups in total. The topological polar surface area (TPSA) is 92.2 Å². The molecule has 1 aromatic carbocycles. The van der Waals surface area contributed by atoms with Crippen molar-refractivity contribution in [1.82, 2.24) is 14.8 Å². The minimum absolute atomic E-state index is 0.0835. The molecule has 8 heteroatoms. The molecule has 3 heterocycles. The summed E-state index contributed by atoms with van der Waals surface area (Å²) in [4.78, 5) is 34.3. The Bertz CT molecular complexity index is 1090. The van der Waals surface area contributed by atoms with Crippen LogP contribution in [-0.4, -0.2) is 77.6 Å². The van der Waals surface area contributed by atoms with Gasteiger partial charge in [-0.1, -0.05) is 19.9 Å². The molecule has 0 spiro atoms. The molecule has 2 aliphatic heterocycles. The Kier molecular flexibility index (Phi) is 7.83. The molecule has 2 aliphatic rings. The van der Waals surface area contributed by atoms with Gasteiger partial charge < -0.3 is 19.5 Å². The highest BCUT2D eigenvalue weighted by Gasteiger charge is 2.46. The Hall–Kier alpha value is -3.23. The van der Waals surface area contributed by atoms with E-state index in [9.17, 15) is 14.7 Å². The Morgan fingerprint density at radius 1 is 1.20 bits per heavy atom. The number of aryl methyl sites for hydroxylation is 1. The highest BCUT2D eigenvalue weighted by Crippen LogP contribution is 2.39. The van der Waals surface area contributed by atoms with Gasteiger partial charge >= 0.3 is 0 Å². The summed E-state index contributed by atoms with van der Waals surface area (Å²) in [7, 11) is 0. The summed E-state index contributed by atoms with van der Waals surface area (Å²) in [5.74, 6) is -0.372. The molecule has 4 rings (SSSR count). The minimum Gasteiger partial charge on any atom is -0.507 e. The molecule has 186 valence electrons. The number of aliphatic hydroxyl groups is 1. The zero-order chi connectivity index (χ0) is 24.9. The third-order valence-electron chi connectivity index (χ3n) is 6.32. The molecule has 2 fully saturated rings. The summed E-state index contributed by atoms with van der Waals surface area (Å²) in [5.41, 5.74) is 2.08. The Balaban J connectivity index is 1.67. The normalized spacial score (nSPS) is 20.6. The maximum atomic E-state index is 13.2. The Morgan fingerprint density at radius 3 is 2.63 bits per heavy atom. The minimum atomic E-state index is -0.707. The summed E-state index contributed by atoms with van der Waals surface area (Å²) in [6.45, 7) is 10.5. The number of Topliss-reactive ketones (excluding diaryl/α,β-unsaturated/α-hetero) is 1. The average Bonchev–Trinajstić information content (AvgIpc) is 3.12. The molecule has 1 atom stereocenters. The van der Waals surface area contributed by atoms with Crippen LogP contribution in [0, 0.1) is 12.8 Å². The molecule has 2 aromatic rings. The number of aliphatic hydroxyl groups excluding tert-OH is 1. The van der Waals surface area contributed by atoms with E-state index in [4.69, 9.17) is 9.47 Å². The van der Waals surface area contributed by atoms with Crippen LogP contribution >= 0.6 is 0 Å². The van der Waals surface area contributed by atoms with E-state index < -0.39 is 17.7 Å². The Labute approximate surface area is 206 Å². The van der Waals surface area contributed by atoms with E-state index in [0.29, 0.717) is 50.0 Å². The van der Waals surface area contributed by atoms with Gasteiger partial charge in [0.15, 0.2) is 0 Å². The van der Waals surface area contributed by atoms with Crippen molar-refractivity contribution in [3.05, 3.63) is 65.0 Å². The van der Waals surface area contributed by atoms with Crippen LogP contribution < -0.4 is 4.74 Å². The van der Waals surface area contributed by atoms with Crippen LogP contribution in [-0.2, 0) is 14.3 Å². The SMILES string of the molecule is Cc1cc(/C(O)=C2\C(=O)C(=O)N(CCN3CCOCC3)[C@H]2c2cccnc2)ccc1OCC(C)C. The van der Waals surface area contributed by atoms with Gasteiger partial charge in [-0.15, -0.1) is 0 Å². The van der Waals surface area contributed by atoms with E-state index in [0.717, 1.165) is 24.4 Å². The lowest BCUT2D eigenvalue weighted by Crippen LogP contribution is -2.42. The van der Waals surface area contributed by atoms with E-state index in [-0.39, 0.29) is 11.3 Å². The maximum Gasteiger partial charge on any atom is 0.295 e. The molecule has 0 radical (unpaired) electrons. The summed E-state index contributed by atoms with van der Waals surface area (Å²) < 4.78 is 11.3. The molecular weight excluding hydrogens is 446 g/mol. The van der Waals surface area contributed by atoms with Gasteiger partial charge in [0.1, 0.15) is 11.5 Å². The second-order valence-electron chi connectivity index (χ2n) is 9.42. The number of likely N-dealkylation sites (tertiary alicyclic amines) is 1. The number of nitrogens with zero attached hydrogens (tertiary/aromatic N) is 3. The van der Waals surface area contributed by atoms with Crippen molar-refractivity contribution < 1.29 is 24.2 Å². The first kappa shape index (κ1) is 24.9. The number of benzene rings is 1. The average molecular weight is 480 g/mol. The number of hydrogen-bond acceptors (Lipinski definition) is 7. The third-order valence-corrected chi connectivity index (χ3v) is 6.32. The number of amides is 1. The van der Waals surface area contributed by atoms with Crippen LogP contribution in [0.25, 0.3) is 5.76 Å². The zero-order valence-corrected chi connectivity index (χ0v) is 20.6. The fourth-order valence-corrected chi connectivity index (χ4v) is 4.44. The highest BCUT2D eigenvalue weighted by molar-refractivity contribution is 6.46. The number of aromatic nitrogens is 1. The summed E-state index contributed by atoms with van der Waals surface area (Å²) in [6, 6.07) is 8.18. The standard InChI is InChI=1S/C27H33N3O5/c1-18(2)17-35-22-7-6-20(15-19(22)3)25(31)23-24(21-5-4-8-28-16-21)30(27(33)26(23)32)10-9-29-11-13-34-14-12-29/h4-8,15-16,18,24,31H,9-14,17H2,1-3H3/b25-23+/t24-/m0/s1. The van der Waals surface area contributed by atoms with Crippen LogP contribution in [0.15, 0.2) is 48.3 Å². The third kappa shape index (κ3) is 5.55. The van der Waals surface area contributed by atoms with Gasteiger partial charge in [0.05, 0.1) is 31.4 Å². The van der Waals surface area contributed by atoms with Gasteiger partial charge in [0.2, 0.25) is 0 Å². The second-order valence-corrected chi connectivity index (χ2v) is 9.42. The molecule has 0 saturated carbocycles. The van der Waals surface area contributed by atoms with E-state index in [1.54, 1.807) is 41.6 Å². The molecule has 8 nitrogen and oxygen atoms in total. The molecule has 1 aromatic heterocycles. The molecule has 0 unspecified atom stereocenters. The first-order valence-electron chi connectivity index (χ1n) is 12.1. The van der Waals surface area contributed by atoms with E-state index in [1.807, 2.05) is 13.0 Å². The highest BCUT2D eigenvalue weighted by atomic mass is 16.5. The fraction of sp³-hybridized carbons (Fsp3) is 0.444. The molecular formula is C27H33N3O5. The number of ether oxygens (including phenoxy) is 2. The van der Waals surface area contributed by atoms with Crippen LogP contribution in [0.1, 0.15) is 36.6 Å². The number of rotatable bonds is 8. The lowest BCUT2D eigenvalue weighted by Gasteiger charge is -2.30. The number of carbonyl (C=O) groups is 2. The van der Waals surface area contributed by atoms with Crippen molar-refractivity contribution in [2.75, 3.05) is 46.0 Å². The monoisotopic (exact) mass is 479 g/mol. The van der Waals surface area contributed by atoms with Gasteiger partial charge in [0.25, 0.3) is 11.7 Å². The van der Waals surface area contributed by atoms with Crippen LogP contribution in [0.5, 0.6) is 5.75 Å². The van der Waals surface area contributed by atoms with Crippen molar-refractivity contribution in [3.8, 4) is 5.75 Å². The van der Waals surface area contributed by atoms with Gasteiger partial charge in [-0.2, -0.15) is 0 Å². The number of hydrogen-bond donors (Lipinski definition) is 1. The second kappa shape index (κ2) is 11.0. The molecule has 1 amide bonds. The first-order valence-corrected chi connectivity index (χ1v) is 12.1. The molecule has 35 heavy (non-hydrogen) atoms. The van der Waals surface area contributed by atoms with Crippen LogP contribution in [0.3, 0.4) is 0 Å². The maximum absolute atomic E-state index is 13.2. The van der Waals surface area contributed by atoms with Crippen molar-refractivity contribution in [2.45, 2.75) is 26.8 Å². The van der Waals surface area contributed by atoms with E-state index in [2.05, 4.69) is 23.7 Å². The summed E-state index contributed by atoms with van der Waals surface area (Å²) in [5, 5.41) is 11.3. The lowest BCUT2D eigenvalue weighted by molar-refractivity contribution is -0.140. The predicted molar refractivity (Wildman–Crippen MR) is 132 cm³/mol. The zero-order valence-electron chi connectivity index (χ0n) is 20.6. The van der Waals surface area contributed by atoms with Gasteiger partial charge in [0, 0.05) is 44.1 Å². The number of carbonyl (C=O) groups excluding carboxylic acids is 2.